The van der Waals surface area contributed by atoms with E-state index in [2.05, 4.69) is 10.6 Å². The summed E-state index contributed by atoms with van der Waals surface area (Å²) >= 11 is 0. The van der Waals surface area contributed by atoms with E-state index in [1.807, 2.05) is 30.3 Å². The Morgan fingerprint density at radius 2 is 1.93 bits per heavy atom. The molecule has 1 saturated heterocycles. The van der Waals surface area contributed by atoms with Crippen molar-refractivity contribution in [1.82, 2.24) is 5.32 Å². The van der Waals surface area contributed by atoms with E-state index in [-0.39, 0.29) is 18.2 Å². The van der Waals surface area contributed by atoms with Crippen LogP contribution in [0.4, 0.5) is 5.69 Å². The van der Waals surface area contributed by atoms with Gasteiger partial charge in [-0.3, -0.25) is 9.59 Å². The van der Waals surface area contributed by atoms with E-state index in [0.717, 1.165) is 5.69 Å². The van der Waals surface area contributed by atoms with Crippen molar-refractivity contribution in [2.24, 2.45) is 0 Å². The van der Waals surface area contributed by atoms with Gasteiger partial charge in [0.25, 0.3) is 5.91 Å². The van der Waals surface area contributed by atoms with Crippen LogP contribution < -0.4 is 10.6 Å². The summed E-state index contributed by atoms with van der Waals surface area (Å²) in [5.74, 6) is -0.363. The third-order valence-corrected chi connectivity index (χ3v) is 2.11. The number of anilines is 1. The number of nitrogens with one attached hydrogen (secondary N) is 2. The Morgan fingerprint density at radius 1 is 1.21 bits per heavy atom. The van der Waals surface area contributed by atoms with Gasteiger partial charge in [0.1, 0.15) is 0 Å². The smallest absolute Gasteiger partial charge is 0.250 e. The van der Waals surface area contributed by atoms with Crippen molar-refractivity contribution in [2.45, 2.75) is 6.04 Å². The molecule has 72 valence electrons. The Morgan fingerprint density at radius 3 is 2.50 bits per heavy atom. The predicted molar refractivity (Wildman–Crippen MR) is 51.9 cm³/mol. The van der Waals surface area contributed by atoms with E-state index < -0.39 is 6.04 Å². The summed E-state index contributed by atoms with van der Waals surface area (Å²) in [6, 6.07) is 8.48. The highest BCUT2D eigenvalue weighted by molar-refractivity contribution is 6.14. The lowest BCUT2D eigenvalue weighted by Crippen LogP contribution is -2.33. The number of benzene rings is 1. The molecule has 0 bridgehead atoms. The quantitative estimate of drug-likeness (QED) is 0.653. The van der Waals surface area contributed by atoms with Crippen molar-refractivity contribution >= 4 is 17.4 Å². The summed E-state index contributed by atoms with van der Waals surface area (Å²) in [6.07, 6.45) is 0. The second-order valence-corrected chi connectivity index (χ2v) is 3.13. The van der Waals surface area contributed by atoms with Crippen LogP contribution >= 0.6 is 0 Å². The maximum absolute atomic E-state index is 11.2. The maximum atomic E-state index is 11.2. The SMILES string of the molecule is O=C1CNC(=O)C1Nc1ccccc1. The van der Waals surface area contributed by atoms with Gasteiger partial charge < -0.3 is 10.6 Å². The highest BCUT2D eigenvalue weighted by Crippen LogP contribution is 2.09. The minimum Gasteiger partial charge on any atom is -0.368 e. The maximum Gasteiger partial charge on any atom is 0.250 e. The lowest BCUT2D eigenvalue weighted by atomic mass is 10.2. The third-order valence-electron chi connectivity index (χ3n) is 2.11. The number of rotatable bonds is 2. The Balaban J connectivity index is 2.11. The van der Waals surface area contributed by atoms with Crippen molar-refractivity contribution in [1.29, 1.82) is 0 Å². The third kappa shape index (κ3) is 1.59. The summed E-state index contributed by atoms with van der Waals surface area (Å²) in [7, 11) is 0. The summed E-state index contributed by atoms with van der Waals surface area (Å²) in [6.45, 7) is 0.128. The molecule has 2 rings (SSSR count). The van der Waals surface area contributed by atoms with Crippen LogP contribution in [0.3, 0.4) is 0 Å². The Labute approximate surface area is 81.3 Å². The number of hydrogen-bond donors (Lipinski definition) is 2. The molecule has 0 spiro atoms. The molecule has 1 heterocycles. The lowest BCUT2D eigenvalue weighted by molar-refractivity contribution is -0.123. The van der Waals surface area contributed by atoms with Gasteiger partial charge >= 0.3 is 0 Å². The van der Waals surface area contributed by atoms with Crippen LogP contribution in [0, 0.1) is 0 Å². The molecule has 0 saturated carbocycles. The van der Waals surface area contributed by atoms with Crippen LogP contribution in [-0.2, 0) is 9.59 Å². The molecule has 4 nitrogen and oxygen atoms in total. The topological polar surface area (TPSA) is 58.2 Å². The molecule has 1 atom stereocenters. The number of carbonyl (C=O) groups is 2. The van der Waals surface area contributed by atoms with E-state index >= 15 is 0 Å². The average molecular weight is 190 g/mol. The van der Waals surface area contributed by atoms with E-state index in [9.17, 15) is 9.59 Å². The summed E-state index contributed by atoms with van der Waals surface area (Å²) in [5, 5.41) is 5.37. The first-order valence-electron chi connectivity index (χ1n) is 4.39. The second-order valence-electron chi connectivity index (χ2n) is 3.13. The highest BCUT2D eigenvalue weighted by atomic mass is 16.2. The largest absolute Gasteiger partial charge is 0.368 e. The second kappa shape index (κ2) is 3.49. The molecule has 0 aromatic heterocycles. The zero-order chi connectivity index (χ0) is 9.97. The van der Waals surface area contributed by atoms with Gasteiger partial charge in [-0.05, 0) is 12.1 Å². The molecule has 4 heteroatoms. The number of hydrogen-bond acceptors (Lipinski definition) is 3. The number of Topliss-reactive ketones (excluding diaryl/α,β-unsaturated/α-hetero) is 1. The minimum atomic E-state index is -0.725. The van der Waals surface area contributed by atoms with Gasteiger partial charge in [-0.15, -0.1) is 0 Å². The van der Waals surface area contributed by atoms with E-state index in [4.69, 9.17) is 0 Å². The molecule has 1 aromatic rings. The molecule has 0 aliphatic carbocycles. The first-order chi connectivity index (χ1) is 6.77. The molecule has 2 N–H and O–H groups in total. The van der Waals surface area contributed by atoms with Crippen LogP contribution in [-0.4, -0.2) is 24.3 Å². The van der Waals surface area contributed by atoms with Crippen LogP contribution in [0.5, 0.6) is 0 Å². The fraction of sp³-hybridized carbons (Fsp3) is 0.200. The van der Waals surface area contributed by atoms with Gasteiger partial charge in [-0.25, -0.2) is 0 Å². The van der Waals surface area contributed by atoms with Gasteiger partial charge in [0.2, 0.25) is 0 Å². The van der Waals surface area contributed by atoms with E-state index in [1.165, 1.54) is 0 Å². The minimum absolute atomic E-state index is 0.112. The summed E-state index contributed by atoms with van der Waals surface area (Å²) in [5.41, 5.74) is 0.780. The normalized spacial score (nSPS) is 20.7. The van der Waals surface area contributed by atoms with E-state index in [0.29, 0.717) is 0 Å². The lowest BCUT2D eigenvalue weighted by Gasteiger charge is -2.09. The molecule has 1 amide bonds. The van der Waals surface area contributed by atoms with Gasteiger partial charge in [0.05, 0.1) is 6.54 Å². The van der Waals surface area contributed by atoms with E-state index in [1.54, 1.807) is 0 Å². The monoisotopic (exact) mass is 190 g/mol. The first kappa shape index (κ1) is 8.74. The molecule has 1 aromatic carbocycles. The van der Waals surface area contributed by atoms with Crippen LogP contribution in [0.25, 0.3) is 0 Å². The predicted octanol–water partition coefficient (Wildman–Crippen LogP) is 0.166. The molecule has 14 heavy (non-hydrogen) atoms. The Hall–Kier alpha value is -1.84. The van der Waals surface area contributed by atoms with Crippen molar-refractivity contribution in [3.63, 3.8) is 0 Å². The number of amides is 1. The zero-order valence-corrected chi connectivity index (χ0v) is 7.49. The van der Waals surface area contributed by atoms with Crippen molar-refractivity contribution in [3.8, 4) is 0 Å². The molecule has 1 aliphatic heterocycles. The molecule has 1 unspecified atom stereocenters. The van der Waals surface area contributed by atoms with Gasteiger partial charge in [0, 0.05) is 5.69 Å². The fourth-order valence-corrected chi connectivity index (χ4v) is 1.37. The summed E-state index contributed by atoms with van der Waals surface area (Å²) in [4.78, 5) is 22.4. The van der Waals surface area contributed by atoms with Crippen LogP contribution in [0.15, 0.2) is 30.3 Å². The highest BCUT2D eigenvalue weighted by Gasteiger charge is 2.32. The molecule has 1 fully saturated rings. The average Bonchev–Trinajstić information content (AvgIpc) is 2.51. The van der Waals surface area contributed by atoms with Gasteiger partial charge in [-0.2, -0.15) is 0 Å². The van der Waals surface area contributed by atoms with Crippen LogP contribution in [0.1, 0.15) is 0 Å². The zero-order valence-electron chi connectivity index (χ0n) is 7.49. The molecular weight excluding hydrogens is 180 g/mol. The van der Waals surface area contributed by atoms with Crippen molar-refractivity contribution in [3.05, 3.63) is 30.3 Å². The molecular formula is C10H10N2O2. The van der Waals surface area contributed by atoms with Gasteiger partial charge in [0.15, 0.2) is 11.8 Å². The fourth-order valence-electron chi connectivity index (χ4n) is 1.37. The van der Waals surface area contributed by atoms with Crippen LogP contribution in [0.2, 0.25) is 0 Å². The number of ketones is 1. The first-order valence-corrected chi connectivity index (χ1v) is 4.39. The molecule has 1 aliphatic rings. The molecule has 0 radical (unpaired) electrons. The van der Waals surface area contributed by atoms with Crippen molar-refractivity contribution in [2.75, 3.05) is 11.9 Å². The number of para-hydroxylation sites is 1. The van der Waals surface area contributed by atoms with Gasteiger partial charge in [-0.1, -0.05) is 18.2 Å². The standard InChI is InChI=1S/C10H10N2O2/c13-8-6-11-10(14)9(8)12-7-4-2-1-3-5-7/h1-5,9,12H,6H2,(H,11,14). The van der Waals surface area contributed by atoms with Crippen molar-refractivity contribution < 1.29 is 9.59 Å². The Bertz CT molecular complexity index is 346. The summed E-state index contributed by atoms with van der Waals surface area (Å²) < 4.78 is 0. The number of carbonyl (C=O) groups excluding carboxylic acids is 2. The Kier molecular flexibility index (Phi) is 2.18.